The van der Waals surface area contributed by atoms with Gasteiger partial charge in [-0.1, -0.05) is 55.8 Å². The van der Waals surface area contributed by atoms with Crippen molar-refractivity contribution in [2.24, 2.45) is 0 Å². The maximum absolute atomic E-state index is 12.5. The smallest absolute Gasteiger partial charge is 0.350 e. The number of aromatic nitrogens is 1. The van der Waals surface area contributed by atoms with Gasteiger partial charge in [-0.2, -0.15) is 0 Å². The van der Waals surface area contributed by atoms with Gasteiger partial charge in [0.1, 0.15) is 9.88 Å². The second-order valence-electron chi connectivity index (χ2n) is 6.73. The summed E-state index contributed by atoms with van der Waals surface area (Å²) >= 11 is 7.26. The number of nitrogens with zero attached hydrogens (tertiary/aromatic N) is 1. The fourth-order valence-electron chi connectivity index (χ4n) is 3.11. The molecule has 0 aliphatic heterocycles. The summed E-state index contributed by atoms with van der Waals surface area (Å²) < 4.78 is 5.26. The zero-order valence-electron chi connectivity index (χ0n) is 17.1. The van der Waals surface area contributed by atoms with Gasteiger partial charge in [0.15, 0.2) is 6.61 Å². The average molecular weight is 443 g/mol. The number of amides is 1. The van der Waals surface area contributed by atoms with Gasteiger partial charge in [-0.05, 0) is 43.0 Å². The molecule has 0 spiro atoms. The third-order valence-corrected chi connectivity index (χ3v) is 6.07. The highest BCUT2D eigenvalue weighted by Gasteiger charge is 2.19. The number of aryl methyl sites for hydroxylation is 3. The van der Waals surface area contributed by atoms with Gasteiger partial charge in [0.05, 0.1) is 5.69 Å². The number of carbonyl (C=O) groups excluding carboxylic acids is 2. The Labute approximate surface area is 185 Å². The van der Waals surface area contributed by atoms with Crippen LogP contribution in [0.4, 0.5) is 5.69 Å². The fraction of sp³-hybridized carbons (Fsp3) is 0.261. The van der Waals surface area contributed by atoms with Gasteiger partial charge in [-0.25, -0.2) is 9.78 Å². The van der Waals surface area contributed by atoms with Crippen molar-refractivity contribution in [3.8, 4) is 10.6 Å². The Bertz CT molecular complexity index is 1060. The number of para-hydroxylation sites is 1. The van der Waals surface area contributed by atoms with Crippen LogP contribution >= 0.6 is 22.9 Å². The first-order valence-electron chi connectivity index (χ1n) is 9.74. The van der Waals surface area contributed by atoms with Gasteiger partial charge in [0.2, 0.25) is 0 Å². The number of benzene rings is 2. The number of thiazole rings is 1. The standard InChI is InChI=1S/C23H23ClN2O3S/c1-4-15-8-6-9-16(5-2)20(15)26-19(27)13-29-23(28)21-14(3)25-22(30-21)17-10-7-11-18(24)12-17/h6-12H,4-5,13H2,1-3H3,(H,26,27). The Balaban J connectivity index is 1.67. The van der Waals surface area contributed by atoms with E-state index in [1.54, 1.807) is 19.1 Å². The molecule has 0 saturated heterocycles. The topological polar surface area (TPSA) is 68.3 Å². The lowest BCUT2D eigenvalue weighted by molar-refractivity contribution is -0.119. The second-order valence-corrected chi connectivity index (χ2v) is 8.16. The van der Waals surface area contributed by atoms with E-state index in [1.807, 2.05) is 44.2 Å². The van der Waals surface area contributed by atoms with E-state index in [-0.39, 0.29) is 12.5 Å². The third kappa shape index (κ3) is 5.07. The molecular formula is C23H23ClN2O3S. The van der Waals surface area contributed by atoms with Crippen molar-refractivity contribution in [2.45, 2.75) is 33.6 Å². The molecular weight excluding hydrogens is 420 g/mol. The normalized spacial score (nSPS) is 10.7. The Morgan fingerprint density at radius 2 is 1.77 bits per heavy atom. The number of ether oxygens (including phenoxy) is 1. The van der Waals surface area contributed by atoms with Crippen LogP contribution in [0.15, 0.2) is 42.5 Å². The predicted octanol–water partition coefficient (Wildman–Crippen LogP) is 5.69. The summed E-state index contributed by atoms with van der Waals surface area (Å²) in [6.07, 6.45) is 1.60. The van der Waals surface area contributed by atoms with Crippen molar-refractivity contribution < 1.29 is 14.3 Å². The third-order valence-electron chi connectivity index (χ3n) is 4.65. The summed E-state index contributed by atoms with van der Waals surface area (Å²) in [5.41, 5.74) is 4.30. The first kappa shape index (κ1) is 22.0. The molecule has 0 bridgehead atoms. The first-order chi connectivity index (χ1) is 14.4. The highest BCUT2D eigenvalue weighted by atomic mass is 35.5. The van der Waals surface area contributed by atoms with E-state index in [9.17, 15) is 9.59 Å². The first-order valence-corrected chi connectivity index (χ1v) is 10.9. The molecule has 3 rings (SSSR count). The molecule has 0 unspecified atom stereocenters. The Hall–Kier alpha value is -2.70. The largest absolute Gasteiger partial charge is 0.451 e. The molecule has 0 aliphatic rings. The van der Waals surface area contributed by atoms with Crippen LogP contribution in [-0.2, 0) is 22.4 Å². The molecule has 2 aromatic carbocycles. The Morgan fingerprint density at radius 3 is 2.40 bits per heavy atom. The van der Waals surface area contributed by atoms with Crippen LogP contribution in [0.3, 0.4) is 0 Å². The lowest BCUT2D eigenvalue weighted by atomic mass is 10.0. The van der Waals surface area contributed by atoms with E-state index >= 15 is 0 Å². The maximum atomic E-state index is 12.5. The number of carbonyl (C=O) groups is 2. The van der Waals surface area contributed by atoms with Crippen LogP contribution in [0.2, 0.25) is 5.02 Å². The number of hydrogen-bond acceptors (Lipinski definition) is 5. The summed E-state index contributed by atoms with van der Waals surface area (Å²) in [7, 11) is 0. The highest BCUT2D eigenvalue weighted by molar-refractivity contribution is 7.17. The summed E-state index contributed by atoms with van der Waals surface area (Å²) in [5, 5.41) is 4.17. The van der Waals surface area contributed by atoms with Gasteiger partial charge in [-0.15, -0.1) is 11.3 Å². The predicted molar refractivity (Wildman–Crippen MR) is 121 cm³/mol. The lowest BCUT2D eigenvalue weighted by Crippen LogP contribution is -2.22. The van der Waals surface area contributed by atoms with Crippen molar-refractivity contribution >= 4 is 40.5 Å². The van der Waals surface area contributed by atoms with E-state index in [0.717, 1.165) is 35.2 Å². The monoisotopic (exact) mass is 442 g/mol. The molecule has 5 nitrogen and oxygen atoms in total. The summed E-state index contributed by atoms with van der Waals surface area (Å²) in [6.45, 7) is 5.46. The summed E-state index contributed by atoms with van der Waals surface area (Å²) in [6, 6.07) is 13.2. The van der Waals surface area contributed by atoms with E-state index in [1.165, 1.54) is 11.3 Å². The lowest BCUT2D eigenvalue weighted by Gasteiger charge is -2.14. The van der Waals surface area contributed by atoms with Gasteiger partial charge in [0.25, 0.3) is 5.91 Å². The molecule has 156 valence electrons. The van der Waals surface area contributed by atoms with Gasteiger partial charge < -0.3 is 10.1 Å². The van der Waals surface area contributed by atoms with Crippen molar-refractivity contribution in [3.63, 3.8) is 0 Å². The number of nitrogens with one attached hydrogen (secondary N) is 1. The SMILES string of the molecule is CCc1cccc(CC)c1NC(=O)COC(=O)c1sc(-c2cccc(Cl)c2)nc1C. The Morgan fingerprint density at radius 1 is 1.10 bits per heavy atom. The van der Waals surface area contributed by atoms with Crippen molar-refractivity contribution in [1.82, 2.24) is 4.98 Å². The van der Waals surface area contributed by atoms with Crippen LogP contribution in [0.5, 0.6) is 0 Å². The molecule has 0 aliphatic carbocycles. The molecule has 0 radical (unpaired) electrons. The van der Waals surface area contributed by atoms with E-state index in [0.29, 0.717) is 20.6 Å². The van der Waals surface area contributed by atoms with E-state index in [2.05, 4.69) is 10.3 Å². The minimum Gasteiger partial charge on any atom is -0.451 e. The molecule has 7 heteroatoms. The van der Waals surface area contributed by atoms with Crippen LogP contribution < -0.4 is 5.32 Å². The van der Waals surface area contributed by atoms with Gasteiger partial charge in [-0.3, -0.25) is 4.79 Å². The molecule has 30 heavy (non-hydrogen) atoms. The van der Waals surface area contributed by atoms with Crippen molar-refractivity contribution in [2.75, 3.05) is 11.9 Å². The van der Waals surface area contributed by atoms with Crippen molar-refractivity contribution in [1.29, 1.82) is 0 Å². The number of hydrogen-bond donors (Lipinski definition) is 1. The summed E-state index contributed by atoms with van der Waals surface area (Å²) in [5.74, 6) is -0.927. The molecule has 1 heterocycles. The van der Waals surface area contributed by atoms with E-state index < -0.39 is 5.97 Å². The maximum Gasteiger partial charge on any atom is 0.350 e. The molecule has 0 saturated carbocycles. The highest BCUT2D eigenvalue weighted by Crippen LogP contribution is 2.30. The molecule has 1 N–H and O–H groups in total. The van der Waals surface area contributed by atoms with Gasteiger partial charge in [0, 0.05) is 16.3 Å². The Kier molecular flexibility index (Phi) is 7.24. The van der Waals surface area contributed by atoms with Crippen LogP contribution in [-0.4, -0.2) is 23.5 Å². The number of halogens is 1. The van der Waals surface area contributed by atoms with Crippen LogP contribution in [0.25, 0.3) is 10.6 Å². The number of anilines is 1. The molecule has 0 atom stereocenters. The second kappa shape index (κ2) is 9.87. The van der Waals surface area contributed by atoms with Gasteiger partial charge >= 0.3 is 5.97 Å². The molecule has 1 aromatic heterocycles. The molecule has 0 fully saturated rings. The quantitative estimate of drug-likeness (QED) is 0.477. The number of esters is 1. The fourth-order valence-corrected chi connectivity index (χ4v) is 4.25. The molecule has 3 aromatic rings. The minimum absolute atomic E-state index is 0.357. The average Bonchev–Trinajstić information content (AvgIpc) is 3.14. The summed E-state index contributed by atoms with van der Waals surface area (Å²) in [4.78, 5) is 29.8. The number of rotatable bonds is 7. The van der Waals surface area contributed by atoms with Crippen molar-refractivity contribution in [3.05, 3.63) is 69.2 Å². The zero-order chi connectivity index (χ0) is 21.7. The van der Waals surface area contributed by atoms with Crippen LogP contribution in [0.1, 0.15) is 40.3 Å². The molecule has 1 amide bonds. The minimum atomic E-state index is -0.562. The zero-order valence-corrected chi connectivity index (χ0v) is 18.7. The van der Waals surface area contributed by atoms with Crippen LogP contribution in [0, 0.1) is 6.92 Å². The van der Waals surface area contributed by atoms with E-state index in [4.69, 9.17) is 16.3 Å².